The van der Waals surface area contributed by atoms with Crippen molar-refractivity contribution >= 4 is 15.9 Å². The van der Waals surface area contributed by atoms with Crippen molar-refractivity contribution in [3.63, 3.8) is 0 Å². The van der Waals surface area contributed by atoms with Crippen LogP contribution in [0, 0.1) is 5.92 Å². The fraction of sp³-hybridized carbons (Fsp3) is 0.647. The lowest BCUT2D eigenvalue weighted by atomic mass is 9.88. The minimum Gasteiger partial charge on any atom is -0.369 e. The normalized spacial score (nSPS) is 26.2. The number of ether oxygens (including phenoxy) is 1. The van der Waals surface area contributed by atoms with Gasteiger partial charge in [-0.3, -0.25) is 0 Å². The average molecular weight is 340 g/mol. The van der Waals surface area contributed by atoms with Crippen LogP contribution in [0.5, 0.6) is 0 Å². The molecule has 2 rings (SSSR count). The third-order valence-electron chi connectivity index (χ3n) is 4.26. The summed E-state index contributed by atoms with van der Waals surface area (Å²) in [6, 6.07) is 8.41. The molecule has 1 aromatic rings. The number of halogens is 1. The second-order valence-electron chi connectivity index (χ2n) is 6.08. The average Bonchev–Trinajstić information content (AvgIpc) is 2.44. The number of rotatable bonds is 5. The largest absolute Gasteiger partial charge is 0.369 e. The molecule has 112 valence electrons. The molecule has 1 aromatic carbocycles. The van der Waals surface area contributed by atoms with Crippen molar-refractivity contribution < 1.29 is 4.74 Å². The Labute approximate surface area is 131 Å². The molecule has 4 atom stereocenters. The molecule has 3 heteroatoms. The molecule has 20 heavy (non-hydrogen) atoms. The SMILES string of the molecule is CCC(N)C(OC1CCCC(C)C1)c1cccc(Br)c1. The summed E-state index contributed by atoms with van der Waals surface area (Å²) in [5.74, 6) is 0.773. The van der Waals surface area contributed by atoms with Crippen molar-refractivity contribution in [3.05, 3.63) is 34.3 Å². The fourth-order valence-electron chi connectivity index (χ4n) is 3.03. The standard InChI is InChI=1S/C17H26BrNO/c1-3-16(19)17(13-7-5-8-14(18)11-13)20-15-9-4-6-12(2)10-15/h5,7-8,11-12,15-17H,3-4,6,9-10,19H2,1-2H3. The predicted octanol–water partition coefficient (Wildman–Crippen LogP) is 4.82. The topological polar surface area (TPSA) is 35.2 Å². The summed E-state index contributed by atoms with van der Waals surface area (Å²) in [5.41, 5.74) is 7.50. The maximum atomic E-state index is 6.41. The maximum Gasteiger partial charge on any atom is 0.0979 e. The Kier molecular flexibility index (Phi) is 6.06. The molecule has 0 aliphatic heterocycles. The Bertz CT molecular complexity index is 423. The van der Waals surface area contributed by atoms with E-state index in [1.165, 1.54) is 31.2 Å². The first-order valence-corrected chi connectivity index (χ1v) is 8.56. The maximum absolute atomic E-state index is 6.41. The highest BCUT2D eigenvalue weighted by molar-refractivity contribution is 9.10. The van der Waals surface area contributed by atoms with Crippen molar-refractivity contribution in [1.29, 1.82) is 0 Å². The van der Waals surface area contributed by atoms with Gasteiger partial charge in [0.1, 0.15) is 0 Å². The zero-order valence-electron chi connectivity index (χ0n) is 12.5. The molecule has 1 fully saturated rings. The van der Waals surface area contributed by atoms with Crippen LogP contribution in [0.3, 0.4) is 0 Å². The van der Waals surface area contributed by atoms with Crippen molar-refractivity contribution in [3.8, 4) is 0 Å². The summed E-state index contributed by atoms with van der Waals surface area (Å²) in [5, 5.41) is 0. The second kappa shape index (κ2) is 7.58. The van der Waals surface area contributed by atoms with Crippen LogP contribution in [0.1, 0.15) is 57.6 Å². The van der Waals surface area contributed by atoms with Crippen molar-refractivity contribution in [2.45, 2.75) is 64.2 Å². The summed E-state index contributed by atoms with van der Waals surface area (Å²) in [6.45, 7) is 4.45. The van der Waals surface area contributed by atoms with Crippen LogP contribution in [0.4, 0.5) is 0 Å². The molecular formula is C17H26BrNO. The number of nitrogens with two attached hydrogens (primary N) is 1. The molecule has 1 aliphatic rings. The molecule has 0 heterocycles. The second-order valence-corrected chi connectivity index (χ2v) is 6.99. The highest BCUT2D eigenvalue weighted by atomic mass is 79.9. The monoisotopic (exact) mass is 339 g/mol. The van der Waals surface area contributed by atoms with E-state index in [1.807, 2.05) is 6.07 Å². The van der Waals surface area contributed by atoms with Gasteiger partial charge < -0.3 is 10.5 Å². The van der Waals surface area contributed by atoms with E-state index in [0.29, 0.717) is 6.10 Å². The Morgan fingerprint density at radius 2 is 2.20 bits per heavy atom. The Hall–Kier alpha value is -0.380. The summed E-state index contributed by atoms with van der Waals surface area (Å²) in [7, 11) is 0. The van der Waals surface area contributed by atoms with Gasteiger partial charge in [0, 0.05) is 10.5 Å². The first-order valence-electron chi connectivity index (χ1n) is 7.76. The van der Waals surface area contributed by atoms with Gasteiger partial charge in [0.15, 0.2) is 0 Å². The zero-order chi connectivity index (χ0) is 14.5. The van der Waals surface area contributed by atoms with E-state index in [2.05, 4.69) is 48.0 Å². The van der Waals surface area contributed by atoms with Crippen molar-refractivity contribution in [2.24, 2.45) is 11.7 Å². The number of hydrogen-bond acceptors (Lipinski definition) is 2. The minimum absolute atomic E-state index is 0.00722. The zero-order valence-corrected chi connectivity index (χ0v) is 14.1. The van der Waals surface area contributed by atoms with E-state index in [1.54, 1.807) is 0 Å². The third kappa shape index (κ3) is 4.31. The Morgan fingerprint density at radius 3 is 2.85 bits per heavy atom. The molecule has 0 bridgehead atoms. The van der Waals surface area contributed by atoms with Crippen LogP contribution in [-0.4, -0.2) is 12.1 Å². The Morgan fingerprint density at radius 1 is 1.40 bits per heavy atom. The van der Waals surface area contributed by atoms with Gasteiger partial charge in [-0.2, -0.15) is 0 Å². The third-order valence-corrected chi connectivity index (χ3v) is 4.76. The van der Waals surface area contributed by atoms with Crippen molar-refractivity contribution in [1.82, 2.24) is 0 Å². The quantitative estimate of drug-likeness (QED) is 0.834. The van der Waals surface area contributed by atoms with Gasteiger partial charge in [-0.15, -0.1) is 0 Å². The molecule has 1 aliphatic carbocycles. The highest BCUT2D eigenvalue weighted by Gasteiger charge is 2.26. The summed E-state index contributed by atoms with van der Waals surface area (Å²) in [4.78, 5) is 0. The van der Waals surface area contributed by atoms with Gasteiger partial charge in [0.25, 0.3) is 0 Å². The highest BCUT2D eigenvalue weighted by Crippen LogP contribution is 2.32. The van der Waals surface area contributed by atoms with Gasteiger partial charge in [0.2, 0.25) is 0 Å². The molecule has 2 N–H and O–H groups in total. The van der Waals surface area contributed by atoms with Crippen LogP contribution in [0.15, 0.2) is 28.7 Å². The fourth-order valence-corrected chi connectivity index (χ4v) is 3.45. The minimum atomic E-state index is 0.00722. The first-order chi connectivity index (χ1) is 9.60. The first kappa shape index (κ1) is 16.0. The van der Waals surface area contributed by atoms with Crippen LogP contribution in [-0.2, 0) is 4.74 Å². The molecule has 0 saturated heterocycles. The van der Waals surface area contributed by atoms with Crippen LogP contribution in [0.2, 0.25) is 0 Å². The smallest absolute Gasteiger partial charge is 0.0979 e. The van der Waals surface area contributed by atoms with E-state index < -0.39 is 0 Å². The predicted molar refractivity (Wildman–Crippen MR) is 87.7 cm³/mol. The lowest BCUT2D eigenvalue weighted by Crippen LogP contribution is -2.34. The lowest BCUT2D eigenvalue weighted by Gasteiger charge is -2.33. The van der Waals surface area contributed by atoms with Gasteiger partial charge >= 0.3 is 0 Å². The van der Waals surface area contributed by atoms with Gasteiger partial charge in [-0.1, -0.05) is 54.8 Å². The lowest BCUT2D eigenvalue weighted by molar-refractivity contribution is -0.0518. The van der Waals surface area contributed by atoms with Crippen LogP contribution >= 0.6 is 15.9 Å². The van der Waals surface area contributed by atoms with Gasteiger partial charge in [0.05, 0.1) is 12.2 Å². The molecule has 4 unspecified atom stereocenters. The molecule has 1 saturated carbocycles. The van der Waals surface area contributed by atoms with Crippen LogP contribution < -0.4 is 5.73 Å². The summed E-state index contributed by atoms with van der Waals surface area (Å²) in [6.07, 6.45) is 6.25. The van der Waals surface area contributed by atoms with E-state index in [0.717, 1.165) is 16.8 Å². The Balaban J connectivity index is 2.11. The summed E-state index contributed by atoms with van der Waals surface area (Å²) >= 11 is 3.54. The molecular weight excluding hydrogens is 314 g/mol. The van der Waals surface area contributed by atoms with E-state index in [4.69, 9.17) is 10.5 Å². The number of benzene rings is 1. The molecule has 2 nitrogen and oxygen atoms in total. The van der Waals surface area contributed by atoms with Crippen LogP contribution in [0.25, 0.3) is 0 Å². The molecule has 0 spiro atoms. The van der Waals surface area contributed by atoms with E-state index in [9.17, 15) is 0 Å². The van der Waals surface area contributed by atoms with E-state index in [-0.39, 0.29) is 12.1 Å². The van der Waals surface area contributed by atoms with E-state index >= 15 is 0 Å². The molecule has 0 radical (unpaired) electrons. The molecule has 0 amide bonds. The number of hydrogen-bond donors (Lipinski definition) is 1. The van der Waals surface area contributed by atoms with Crippen molar-refractivity contribution in [2.75, 3.05) is 0 Å². The van der Waals surface area contributed by atoms with Gasteiger partial charge in [-0.05, 0) is 42.9 Å². The summed E-state index contributed by atoms with van der Waals surface area (Å²) < 4.78 is 7.50. The molecule has 0 aromatic heterocycles. The van der Waals surface area contributed by atoms with Gasteiger partial charge in [-0.25, -0.2) is 0 Å².